The van der Waals surface area contributed by atoms with Crippen molar-refractivity contribution < 1.29 is 22.7 Å². The van der Waals surface area contributed by atoms with E-state index in [1.54, 1.807) is 30.8 Å². The molecule has 0 saturated carbocycles. The molecule has 8 heteroatoms. The Kier molecular flexibility index (Phi) is 7.77. The molecule has 3 aromatic rings. The van der Waals surface area contributed by atoms with Crippen LogP contribution >= 0.6 is 23.4 Å². The van der Waals surface area contributed by atoms with E-state index in [4.69, 9.17) is 16.3 Å². The first kappa shape index (κ1) is 27.7. The van der Waals surface area contributed by atoms with Crippen molar-refractivity contribution in [2.75, 3.05) is 6.61 Å². The molecule has 0 spiro atoms. The van der Waals surface area contributed by atoms with Crippen LogP contribution in [0.2, 0.25) is 5.02 Å². The van der Waals surface area contributed by atoms with Gasteiger partial charge in [0.05, 0.1) is 6.61 Å². The van der Waals surface area contributed by atoms with Crippen molar-refractivity contribution in [3.63, 3.8) is 0 Å². The predicted octanol–water partition coefficient (Wildman–Crippen LogP) is 6.78. The van der Waals surface area contributed by atoms with Gasteiger partial charge in [0.15, 0.2) is 20.9 Å². The van der Waals surface area contributed by atoms with Crippen molar-refractivity contribution in [2.24, 2.45) is 0 Å². The Labute approximate surface area is 238 Å². The molecule has 0 fully saturated rings. The number of allylic oxidation sites excluding steroid dienone is 1. The number of carbonyl (C=O) groups is 2. The summed E-state index contributed by atoms with van der Waals surface area (Å²) in [6.45, 7) is 5.65. The van der Waals surface area contributed by atoms with E-state index >= 15 is 0 Å². The van der Waals surface area contributed by atoms with Crippen LogP contribution in [0.3, 0.4) is 0 Å². The van der Waals surface area contributed by atoms with Gasteiger partial charge in [-0.2, -0.15) is 0 Å². The Bertz CT molecular complexity index is 1540. The van der Waals surface area contributed by atoms with Crippen molar-refractivity contribution >= 4 is 45.0 Å². The van der Waals surface area contributed by atoms with Gasteiger partial charge in [-0.3, -0.25) is 9.59 Å². The van der Waals surface area contributed by atoms with Gasteiger partial charge in [-0.15, -0.1) is 11.8 Å². The fourth-order valence-electron chi connectivity index (χ4n) is 5.39. The first-order valence-electron chi connectivity index (χ1n) is 12.8. The number of Topliss-reactive ketones (excluding diaryl/α,β-unsaturated/α-hetero) is 1. The number of aryl methyl sites for hydroxylation is 2. The molecule has 39 heavy (non-hydrogen) atoms. The number of halogens is 1. The molecule has 5 nitrogen and oxygen atoms in total. The van der Waals surface area contributed by atoms with Gasteiger partial charge >= 0.3 is 5.97 Å². The van der Waals surface area contributed by atoms with Crippen molar-refractivity contribution in [1.29, 1.82) is 0 Å². The van der Waals surface area contributed by atoms with Crippen LogP contribution in [-0.2, 0) is 19.4 Å². The molecule has 0 amide bonds. The summed E-state index contributed by atoms with van der Waals surface area (Å²) in [4.78, 5) is 28.2. The van der Waals surface area contributed by atoms with Gasteiger partial charge in [-0.05, 0) is 73.1 Å². The summed E-state index contributed by atoms with van der Waals surface area (Å²) in [6.07, 6.45) is 0.393. The molecule has 3 aromatic carbocycles. The predicted molar refractivity (Wildman–Crippen MR) is 156 cm³/mol. The number of ether oxygens (including phenoxy) is 1. The smallest absolute Gasteiger partial charge is 0.325 e. The van der Waals surface area contributed by atoms with E-state index < -0.39 is 38.0 Å². The van der Waals surface area contributed by atoms with E-state index in [-0.39, 0.29) is 17.4 Å². The fourth-order valence-corrected chi connectivity index (χ4v) is 9.66. The normalized spacial score (nSPS) is 23.8. The summed E-state index contributed by atoms with van der Waals surface area (Å²) in [5.41, 5.74) is 4.70. The molecule has 0 aromatic heterocycles. The summed E-state index contributed by atoms with van der Waals surface area (Å²) < 4.78 is 34.1. The fraction of sp³-hybridized carbons (Fsp3) is 0.290. The number of ketones is 1. The monoisotopic (exact) mass is 580 g/mol. The molecule has 2 heterocycles. The van der Waals surface area contributed by atoms with Gasteiger partial charge < -0.3 is 4.74 Å². The van der Waals surface area contributed by atoms with Crippen molar-refractivity contribution in [3.05, 3.63) is 116 Å². The van der Waals surface area contributed by atoms with Gasteiger partial charge in [-0.25, -0.2) is 8.42 Å². The van der Waals surface area contributed by atoms with Crippen LogP contribution in [-0.4, -0.2) is 37.3 Å². The maximum absolute atomic E-state index is 14.4. The van der Waals surface area contributed by atoms with Gasteiger partial charge in [0.25, 0.3) is 0 Å². The number of hydrogen-bond acceptors (Lipinski definition) is 6. The van der Waals surface area contributed by atoms with Gasteiger partial charge in [0.2, 0.25) is 0 Å². The lowest BCUT2D eigenvalue weighted by Crippen LogP contribution is -2.49. The molecule has 0 radical (unpaired) electrons. The number of thioether (sulfide) groups is 1. The van der Waals surface area contributed by atoms with Crippen LogP contribution in [0, 0.1) is 13.8 Å². The molecule has 202 valence electrons. The van der Waals surface area contributed by atoms with E-state index in [1.807, 2.05) is 62.4 Å². The second-order valence-corrected chi connectivity index (χ2v) is 13.9. The Hall–Kier alpha value is -2.87. The third kappa shape index (κ3) is 5.20. The Morgan fingerprint density at radius 1 is 0.897 bits per heavy atom. The molecule has 5 rings (SSSR count). The topological polar surface area (TPSA) is 77.5 Å². The highest BCUT2D eigenvalue weighted by molar-refractivity contribution is 8.04. The number of benzene rings is 3. The minimum Gasteiger partial charge on any atom is -0.465 e. The van der Waals surface area contributed by atoms with Crippen LogP contribution in [0.1, 0.15) is 57.1 Å². The van der Waals surface area contributed by atoms with Gasteiger partial charge in [0.1, 0.15) is 5.25 Å². The first-order valence-corrected chi connectivity index (χ1v) is 15.7. The summed E-state index contributed by atoms with van der Waals surface area (Å²) >= 11 is 7.59. The molecule has 2 aliphatic heterocycles. The number of hydrogen-bond donors (Lipinski definition) is 0. The zero-order chi connectivity index (χ0) is 27.9. The second kappa shape index (κ2) is 11.0. The van der Waals surface area contributed by atoms with Crippen LogP contribution in [0.25, 0.3) is 0 Å². The van der Waals surface area contributed by atoms with Crippen LogP contribution in [0.4, 0.5) is 0 Å². The third-order valence-electron chi connectivity index (χ3n) is 7.35. The maximum Gasteiger partial charge on any atom is 0.325 e. The number of sulfone groups is 1. The lowest BCUT2D eigenvalue weighted by atomic mass is 9.87. The number of esters is 1. The average molecular weight is 581 g/mol. The molecule has 0 aliphatic carbocycles. The van der Waals surface area contributed by atoms with Gasteiger partial charge in [0, 0.05) is 21.8 Å². The SMILES string of the molecule is CCOC(=O)[C@H]1[C@H](c2ccc(C)cc2)C2=C(C[C@@H](c3ccc(C)cc3)S2)[C@H](C(=O)c2ccc(Cl)cc2)S1(=O)=O. The van der Waals surface area contributed by atoms with Crippen molar-refractivity contribution in [3.8, 4) is 0 Å². The largest absolute Gasteiger partial charge is 0.465 e. The second-order valence-electron chi connectivity index (χ2n) is 10.0. The zero-order valence-corrected chi connectivity index (χ0v) is 24.3. The average Bonchev–Trinajstić information content (AvgIpc) is 3.33. The summed E-state index contributed by atoms with van der Waals surface area (Å²) in [6, 6.07) is 21.9. The van der Waals surface area contributed by atoms with E-state index in [9.17, 15) is 18.0 Å². The summed E-state index contributed by atoms with van der Waals surface area (Å²) in [7, 11) is -4.35. The molecular formula is C31H29ClO5S2. The van der Waals surface area contributed by atoms with E-state index in [0.29, 0.717) is 22.6 Å². The van der Waals surface area contributed by atoms with Crippen molar-refractivity contribution in [2.45, 2.75) is 48.9 Å². The van der Waals surface area contributed by atoms with E-state index in [0.717, 1.165) is 21.6 Å². The summed E-state index contributed by atoms with van der Waals surface area (Å²) in [5.74, 6) is -2.15. The minimum atomic E-state index is -4.35. The van der Waals surface area contributed by atoms with Crippen molar-refractivity contribution in [1.82, 2.24) is 0 Å². The van der Waals surface area contributed by atoms with Gasteiger partial charge in [-0.1, -0.05) is 71.3 Å². The highest BCUT2D eigenvalue weighted by Gasteiger charge is 2.57. The van der Waals surface area contributed by atoms with Crippen LogP contribution < -0.4 is 0 Å². The minimum absolute atomic E-state index is 0.0340. The molecule has 0 saturated heterocycles. The first-order chi connectivity index (χ1) is 18.6. The maximum atomic E-state index is 14.4. The highest BCUT2D eigenvalue weighted by atomic mass is 35.5. The Balaban J connectivity index is 1.71. The summed E-state index contributed by atoms with van der Waals surface area (Å²) in [5, 5.41) is -2.66. The van der Waals surface area contributed by atoms with Crippen LogP contribution in [0.15, 0.2) is 83.3 Å². The molecule has 0 bridgehead atoms. The standard InChI is InChI=1S/C31H29ClO5S2/c1-4-37-31(34)30-26(21-11-7-19(3)8-12-21)28-24(17-25(38-28)20-9-5-18(2)6-10-20)29(39(30,35)36)27(33)22-13-15-23(32)16-14-22/h5-16,25-26,29-30H,4,17H2,1-3H3/t25-,26+,29+,30+/m0/s1. The van der Waals surface area contributed by atoms with Crippen LogP contribution in [0.5, 0.6) is 0 Å². The quantitative estimate of drug-likeness (QED) is 0.236. The molecule has 0 unspecified atom stereocenters. The third-order valence-corrected chi connectivity index (χ3v) is 11.4. The molecule has 4 atom stereocenters. The highest BCUT2D eigenvalue weighted by Crippen LogP contribution is 2.59. The van der Waals surface area contributed by atoms with E-state index in [2.05, 4.69) is 0 Å². The lowest BCUT2D eigenvalue weighted by Gasteiger charge is -2.35. The molecule has 0 N–H and O–H groups in total. The number of carbonyl (C=O) groups excluding carboxylic acids is 2. The number of rotatable bonds is 6. The molecular weight excluding hydrogens is 552 g/mol. The zero-order valence-electron chi connectivity index (χ0n) is 21.9. The Morgan fingerprint density at radius 3 is 2.03 bits per heavy atom. The van der Waals surface area contributed by atoms with E-state index in [1.165, 1.54) is 12.1 Å². The lowest BCUT2D eigenvalue weighted by molar-refractivity contribution is -0.142. The Morgan fingerprint density at radius 2 is 1.46 bits per heavy atom. The molecule has 2 aliphatic rings.